The predicted octanol–water partition coefficient (Wildman–Crippen LogP) is 1.34. The minimum Gasteiger partial charge on any atom is -0.468 e. The molecule has 0 atom stereocenters. The van der Waals surface area contributed by atoms with Gasteiger partial charge in [0.1, 0.15) is 6.54 Å². The number of aromatic nitrogens is 4. The van der Waals surface area contributed by atoms with E-state index in [1.165, 1.54) is 23.1 Å². The van der Waals surface area contributed by atoms with E-state index < -0.39 is 0 Å². The summed E-state index contributed by atoms with van der Waals surface area (Å²) in [4.78, 5) is 12.0. The molecule has 0 saturated heterocycles. The van der Waals surface area contributed by atoms with Gasteiger partial charge in [-0.1, -0.05) is 0 Å². The molecule has 16 heavy (non-hydrogen) atoms. The van der Waals surface area contributed by atoms with Crippen LogP contribution in [-0.2, 0) is 16.1 Å². The molecule has 2 aromatic heterocycles. The molecule has 0 amide bonds. The molecule has 0 saturated carbocycles. The highest BCUT2D eigenvalue weighted by molar-refractivity contribution is 9.11. The Morgan fingerprint density at radius 2 is 2.44 bits per heavy atom. The molecule has 0 fully saturated rings. The normalized spacial score (nSPS) is 10.4. The number of hydrogen-bond acceptors (Lipinski definition) is 6. The molecule has 6 nitrogen and oxygen atoms in total. The topological polar surface area (TPSA) is 69.9 Å². The molecular formula is C8H7BrN4O2S. The van der Waals surface area contributed by atoms with Crippen LogP contribution < -0.4 is 0 Å². The number of carbonyl (C=O) groups excluding carboxylic acids is 1. The number of hydrogen-bond donors (Lipinski definition) is 0. The summed E-state index contributed by atoms with van der Waals surface area (Å²) < 4.78 is 6.95. The number of halogens is 1. The summed E-state index contributed by atoms with van der Waals surface area (Å²) in [6, 6.07) is 3.78. The fourth-order valence-electron chi connectivity index (χ4n) is 1.11. The lowest BCUT2D eigenvalue weighted by molar-refractivity contribution is -0.141. The summed E-state index contributed by atoms with van der Waals surface area (Å²) in [6.07, 6.45) is 0. The maximum absolute atomic E-state index is 11.1. The van der Waals surface area contributed by atoms with Crippen molar-refractivity contribution in [3.8, 4) is 10.7 Å². The number of rotatable bonds is 3. The fourth-order valence-corrected chi connectivity index (χ4v) is 2.48. The van der Waals surface area contributed by atoms with Gasteiger partial charge in [-0.25, -0.2) is 4.68 Å². The van der Waals surface area contributed by atoms with Gasteiger partial charge in [0.15, 0.2) is 5.82 Å². The molecule has 0 aliphatic carbocycles. The first kappa shape index (κ1) is 11.2. The van der Waals surface area contributed by atoms with Crippen molar-refractivity contribution in [3.05, 3.63) is 15.9 Å². The summed E-state index contributed by atoms with van der Waals surface area (Å²) >= 11 is 4.85. The molecule has 0 aromatic carbocycles. The SMILES string of the molecule is COC(=O)Cn1nnnc1-c1ccc(Br)s1. The minimum absolute atomic E-state index is 0.00829. The van der Waals surface area contributed by atoms with Gasteiger partial charge in [-0.2, -0.15) is 0 Å². The highest BCUT2D eigenvalue weighted by Gasteiger charge is 2.13. The van der Waals surface area contributed by atoms with Crippen LogP contribution in [0.25, 0.3) is 10.7 Å². The first-order valence-corrected chi connectivity index (χ1v) is 5.90. The van der Waals surface area contributed by atoms with E-state index in [9.17, 15) is 4.79 Å². The maximum Gasteiger partial charge on any atom is 0.327 e. The highest BCUT2D eigenvalue weighted by atomic mass is 79.9. The fraction of sp³-hybridized carbons (Fsp3) is 0.250. The summed E-state index contributed by atoms with van der Waals surface area (Å²) in [5.41, 5.74) is 0. The monoisotopic (exact) mass is 302 g/mol. The van der Waals surface area contributed by atoms with Gasteiger partial charge in [-0.05, 0) is 38.5 Å². The second-order valence-corrected chi connectivity index (χ2v) is 5.30. The van der Waals surface area contributed by atoms with E-state index in [0.29, 0.717) is 5.82 Å². The zero-order valence-corrected chi connectivity index (χ0v) is 10.7. The van der Waals surface area contributed by atoms with Crippen molar-refractivity contribution in [1.29, 1.82) is 0 Å². The van der Waals surface area contributed by atoms with E-state index in [1.54, 1.807) is 0 Å². The zero-order valence-electron chi connectivity index (χ0n) is 8.25. The second kappa shape index (κ2) is 4.71. The molecule has 8 heteroatoms. The number of ether oxygens (including phenoxy) is 1. The van der Waals surface area contributed by atoms with Gasteiger partial charge in [0.25, 0.3) is 0 Å². The van der Waals surface area contributed by atoms with Crippen LogP contribution in [0.15, 0.2) is 15.9 Å². The van der Waals surface area contributed by atoms with Gasteiger partial charge in [0.2, 0.25) is 0 Å². The number of thiophene rings is 1. The lowest BCUT2D eigenvalue weighted by Gasteiger charge is -2.00. The van der Waals surface area contributed by atoms with Gasteiger partial charge >= 0.3 is 5.97 Å². The van der Waals surface area contributed by atoms with E-state index in [-0.39, 0.29) is 12.5 Å². The predicted molar refractivity (Wildman–Crippen MR) is 60.8 cm³/mol. The van der Waals surface area contributed by atoms with Crippen LogP contribution in [0.1, 0.15) is 0 Å². The lowest BCUT2D eigenvalue weighted by atomic mass is 10.4. The summed E-state index contributed by atoms with van der Waals surface area (Å²) in [5, 5.41) is 11.1. The van der Waals surface area contributed by atoms with Crippen LogP contribution in [0.5, 0.6) is 0 Å². The van der Waals surface area contributed by atoms with Crippen molar-refractivity contribution in [2.75, 3.05) is 7.11 Å². The zero-order chi connectivity index (χ0) is 11.5. The summed E-state index contributed by atoms with van der Waals surface area (Å²) in [7, 11) is 1.33. The van der Waals surface area contributed by atoms with Gasteiger partial charge < -0.3 is 4.74 Å². The summed E-state index contributed by atoms with van der Waals surface area (Å²) in [6.45, 7) is 0.00829. The number of carbonyl (C=O) groups is 1. The molecule has 0 spiro atoms. The molecule has 0 unspecified atom stereocenters. The summed E-state index contributed by atoms with van der Waals surface area (Å²) in [5.74, 6) is 0.172. The molecule has 2 aromatic rings. The lowest BCUT2D eigenvalue weighted by Crippen LogP contribution is -2.13. The Morgan fingerprint density at radius 3 is 3.06 bits per heavy atom. The minimum atomic E-state index is -0.385. The van der Waals surface area contributed by atoms with E-state index in [4.69, 9.17) is 0 Å². The Morgan fingerprint density at radius 1 is 1.62 bits per heavy atom. The van der Waals surface area contributed by atoms with Crippen molar-refractivity contribution >= 4 is 33.2 Å². The molecule has 0 bridgehead atoms. The third-order valence-electron chi connectivity index (χ3n) is 1.83. The number of methoxy groups -OCH3 is 1. The van der Waals surface area contributed by atoms with Crippen molar-refractivity contribution in [2.45, 2.75) is 6.54 Å². The van der Waals surface area contributed by atoms with Crippen molar-refractivity contribution in [1.82, 2.24) is 20.2 Å². The number of nitrogens with zero attached hydrogens (tertiary/aromatic N) is 4. The van der Waals surface area contributed by atoms with Crippen LogP contribution >= 0.6 is 27.3 Å². The molecule has 0 N–H and O–H groups in total. The molecule has 0 aliphatic rings. The Bertz CT molecular complexity index is 510. The van der Waals surface area contributed by atoms with Crippen LogP contribution in [-0.4, -0.2) is 33.3 Å². The van der Waals surface area contributed by atoms with E-state index >= 15 is 0 Å². The highest BCUT2D eigenvalue weighted by Crippen LogP contribution is 2.29. The quantitative estimate of drug-likeness (QED) is 0.800. The van der Waals surface area contributed by atoms with Crippen LogP contribution in [0.3, 0.4) is 0 Å². The molecule has 0 radical (unpaired) electrons. The maximum atomic E-state index is 11.1. The van der Waals surface area contributed by atoms with Gasteiger partial charge in [-0.3, -0.25) is 4.79 Å². The van der Waals surface area contributed by atoms with Crippen molar-refractivity contribution < 1.29 is 9.53 Å². The molecule has 2 rings (SSSR count). The van der Waals surface area contributed by atoms with E-state index in [1.807, 2.05) is 12.1 Å². The Balaban J connectivity index is 2.29. The molecular weight excluding hydrogens is 296 g/mol. The molecule has 0 aliphatic heterocycles. The standard InChI is InChI=1S/C8H7BrN4O2S/c1-15-7(14)4-13-8(10-11-12-13)5-2-3-6(9)16-5/h2-3H,4H2,1H3. The smallest absolute Gasteiger partial charge is 0.327 e. The number of esters is 1. The van der Waals surface area contributed by atoms with Crippen LogP contribution in [0, 0.1) is 0 Å². The Kier molecular flexibility index (Phi) is 3.30. The third-order valence-corrected chi connectivity index (χ3v) is 3.45. The average Bonchev–Trinajstić information content (AvgIpc) is 2.86. The molecule has 84 valence electrons. The largest absolute Gasteiger partial charge is 0.468 e. The van der Waals surface area contributed by atoms with Gasteiger partial charge in [0.05, 0.1) is 15.8 Å². The van der Waals surface area contributed by atoms with Gasteiger partial charge in [-0.15, -0.1) is 16.4 Å². The van der Waals surface area contributed by atoms with E-state index in [2.05, 4.69) is 36.2 Å². The molecule has 2 heterocycles. The van der Waals surface area contributed by atoms with Crippen molar-refractivity contribution in [3.63, 3.8) is 0 Å². The van der Waals surface area contributed by atoms with Crippen molar-refractivity contribution in [2.24, 2.45) is 0 Å². The third kappa shape index (κ3) is 2.27. The Labute approximate surface area is 103 Å². The Hall–Kier alpha value is -1.28. The number of tetrazole rings is 1. The van der Waals surface area contributed by atoms with E-state index in [0.717, 1.165) is 8.66 Å². The second-order valence-electron chi connectivity index (χ2n) is 2.84. The van der Waals surface area contributed by atoms with Crippen LogP contribution in [0.2, 0.25) is 0 Å². The van der Waals surface area contributed by atoms with Crippen LogP contribution in [0.4, 0.5) is 0 Å². The first-order valence-electron chi connectivity index (χ1n) is 4.29. The average molecular weight is 303 g/mol. The first-order chi connectivity index (χ1) is 7.70. The van der Waals surface area contributed by atoms with Gasteiger partial charge in [0, 0.05) is 0 Å².